The fourth-order valence-electron chi connectivity index (χ4n) is 2.03. The van der Waals surface area contributed by atoms with Gasteiger partial charge in [0.1, 0.15) is 5.76 Å². The van der Waals surface area contributed by atoms with E-state index in [1.807, 2.05) is 49.4 Å². The molecule has 0 radical (unpaired) electrons. The Labute approximate surface area is 174 Å². The van der Waals surface area contributed by atoms with Gasteiger partial charge in [0.2, 0.25) is 5.89 Å². The Morgan fingerprint density at radius 3 is 2.80 bits per heavy atom. The molecule has 1 aromatic carbocycles. The van der Waals surface area contributed by atoms with Crippen LogP contribution in [-0.2, 0) is 16.0 Å². The third-order valence-electron chi connectivity index (χ3n) is 3.22. The van der Waals surface area contributed by atoms with E-state index in [0.717, 1.165) is 17.0 Å². The molecule has 7 heteroatoms. The number of nitrogens with zero attached hydrogens (tertiary/aromatic N) is 1. The molecule has 0 spiro atoms. The Bertz CT molecular complexity index is 673. The van der Waals surface area contributed by atoms with Crippen molar-refractivity contribution in [3.05, 3.63) is 53.9 Å². The van der Waals surface area contributed by atoms with Crippen molar-refractivity contribution in [2.24, 2.45) is 0 Å². The summed E-state index contributed by atoms with van der Waals surface area (Å²) in [5, 5.41) is 8.51. The first-order chi connectivity index (χ1) is 11.7. The molecule has 0 aliphatic heterocycles. The van der Waals surface area contributed by atoms with Crippen LogP contribution in [0.4, 0.5) is 0 Å². The van der Waals surface area contributed by atoms with Crippen molar-refractivity contribution in [3.8, 4) is 11.5 Å². The predicted molar refractivity (Wildman–Crippen MR) is 102 cm³/mol. The monoisotopic (exact) mass is 371 g/mol. The number of rotatable bonds is 10. The summed E-state index contributed by atoms with van der Waals surface area (Å²) < 4.78 is 11.3. The summed E-state index contributed by atoms with van der Waals surface area (Å²) in [5.41, 5.74) is 1.88. The summed E-state index contributed by atoms with van der Waals surface area (Å²) in [6.07, 6.45) is 4.52. The summed E-state index contributed by atoms with van der Waals surface area (Å²) in [6, 6.07) is 9.82. The fraction of sp³-hybridized carbons (Fsp3) is 0.333. The van der Waals surface area contributed by atoms with E-state index in [2.05, 4.69) is 4.98 Å². The van der Waals surface area contributed by atoms with Crippen molar-refractivity contribution in [3.63, 3.8) is 0 Å². The van der Waals surface area contributed by atoms with Crippen molar-refractivity contribution in [2.75, 3.05) is 24.7 Å². The second-order valence-corrected chi connectivity index (χ2v) is 6.12. The molecule has 0 saturated heterocycles. The molecular weight excluding hydrogens is 349 g/mol. The van der Waals surface area contributed by atoms with E-state index < -0.39 is 5.97 Å². The standard InChI is InChI=1S/C18H21NO4S.Na.H/c1-14-16(19-18(23-14)15-7-3-2-4-8-15)9-11-22-10-5-6-12-24-13-17(20)21;;/h2-8H,9-13H2,1H3,(H,20,21);;/b6-5+;;. The molecule has 0 bridgehead atoms. The summed E-state index contributed by atoms with van der Waals surface area (Å²) >= 11 is 1.36. The van der Waals surface area contributed by atoms with Gasteiger partial charge in [-0.25, -0.2) is 4.98 Å². The average molecular weight is 371 g/mol. The molecule has 0 aliphatic carbocycles. The zero-order valence-electron chi connectivity index (χ0n) is 13.6. The topological polar surface area (TPSA) is 72.6 Å². The number of ether oxygens (including phenoxy) is 1. The van der Waals surface area contributed by atoms with Gasteiger partial charge in [0.25, 0.3) is 0 Å². The molecule has 1 N–H and O–H groups in total. The molecule has 1 heterocycles. The zero-order chi connectivity index (χ0) is 17.2. The molecule has 0 aliphatic rings. The molecule has 5 nitrogen and oxygen atoms in total. The second-order valence-electron chi connectivity index (χ2n) is 5.09. The van der Waals surface area contributed by atoms with E-state index in [9.17, 15) is 4.79 Å². The summed E-state index contributed by atoms with van der Waals surface area (Å²) in [4.78, 5) is 14.9. The Morgan fingerprint density at radius 1 is 1.32 bits per heavy atom. The van der Waals surface area contributed by atoms with Crippen LogP contribution >= 0.6 is 11.8 Å². The third kappa shape index (κ3) is 8.25. The van der Waals surface area contributed by atoms with Gasteiger partial charge in [-0.1, -0.05) is 30.4 Å². The van der Waals surface area contributed by atoms with E-state index in [-0.39, 0.29) is 35.3 Å². The molecule has 0 fully saturated rings. The summed E-state index contributed by atoms with van der Waals surface area (Å²) in [5.74, 6) is 1.47. The van der Waals surface area contributed by atoms with Crippen LogP contribution < -0.4 is 0 Å². The van der Waals surface area contributed by atoms with E-state index in [1.54, 1.807) is 0 Å². The van der Waals surface area contributed by atoms with Crippen molar-refractivity contribution in [2.45, 2.75) is 13.3 Å². The third-order valence-corrected chi connectivity index (χ3v) is 4.10. The Balaban J connectivity index is 0.00000312. The number of hydrogen-bond donors (Lipinski definition) is 1. The van der Waals surface area contributed by atoms with Gasteiger partial charge in [-0.3, -0.25) is 4.79 Å². The number of thioether (sulfide) groups is 1. The van der Waals surface area contributed by atoms with Gasteiger partial charge >= 0.3 is 35.5 Å². The van der Waals surface area contributed by atoms with Crippen LogP contribution in [0, 0.1) is 6.92 Å². The number of aromatic nitrogens is 1. The second kappa shape index (κ2) is 12.3. The minimum absolute atomic E-state index is 0. The van der Waals surface area contributed by atoms with Crippen molar-refractivity contribution < 1.29 is 19.1 Å². The number of carboxylic acids is 1. The van der Waals surface area contributed by atoms with Gasteiger partial charge < -0.3 is 14.3 Å². The first-order valence-corrected chi connectivity index (χ1v) is 8.86. The molecule has 2 rings (SSSR count). The first kappa shape index (κ1) is 22.0. The number of oxazole rings is 1. The predicted octanol–water partition coefficient (Wildman–Crippen LogP) is 2.93. The van der Waals surface area contributed by atoms with E-state index >= 15 is 0 Å². The van der Waals surface area contributed by atoms with E-state index in [4.69, 9.17) is 14.3 Å². The van der Waals surface area contributed by atoms with Crippen LogP contribution in [0.3, 0.4) is 0 Å². The Kier molecular flexibility index (Phi) is 10.8. The molecule has 130 valence electrons. The fourth-order valence-corrected chi connectivity index (χ4v) is 2.60. The van der Waals surface area contributed by atoms with Gasteiger partial charge in [0.15, 0.2) is 0 Å². The van der Waals surface area contributed by atoms with Gasteiger partial charge in [0, 0.05) is 17.7 Å². The number of hydrogen-bond acceptors (Lipinski definition) is 5. The van der Waals surface area contributed by atoms with Crippen LogP contribution in [0.5, 0.6) is 0 Å². The Morgan fingerprint density at radius 2 is 2.08 bits per heavy atom. The number of aliphatic carboxylic acids is 1. The Hall–Kier alpha value is -1.05. The molecule has 0 unspecified atom stereocenters. The van der Waals surface area contributed by atoms with Crippen molar-refractivity contribution in [1.82, 2.24) is 4.98 Å². The van der Waals surface area contributed by atoms with Crippen LogP contribution in [0.25, 0.3) is 11.5 Å². The molecule has 2 aromatic rings. The van der Waals surface area contributed by atoms with Gasteiger partial charge in [-0.15, -0.1) is 11.8 Å². The molecule has 25 heavy (non-hydrogen) atoms. The molecule has 1 aromatic heterocycles. The van der Waals surface area contributed by atoms with Crippen molar-refractivity contribution >= 4 is 47.3 Å². The number of carboxylic acid groups (broad SMARTS) is 1. The van der Waals surface area contributed by atoms with Crippen LogP contribution in [-0.4, -0.2) is 70.3 Å². The van der Waals surface area contributed by atoms with E-state index in [1.165, 1.54) is 11.8 Å². The average Bonchev–Trinajstić information content (AvgIpc) is 2.95. The number of carbonyl (C=O) groups is 1. The maximum absolute atomic E-state index is 10.3. The van der Waals surface area contributed by atoms with Crippen molar-refractivity contribution in [1.29, 1.82) is 0 Å². The summed E-state index contributed by atoms with van der Waals surface area (Å²) in [7, 11) is 0. The minimum atomic E-state index is -0.789. The molecule has 0 atom stereocenters. The number of aryl methyl sites for hydroxylation is 1. The van der Waals surface area contributed by atoms with Gasteiger partial charge in [-0.05, 0) is 19.1 Å². The van der Waals surface area contributed by atoms with Gasteiger partial charge in [0.05, 0.1) is 24.7 Å². The van der Waals surface area contributed by atoms with E-state index in [0.29, 0.717) is 31.3 Å². The normalized spacial score (nSPS) is 10.8. The molecule has 0 saturated carbocycles. The zero-order valence-corrected chi connectivity index (χ0v) is 14.4. The maximum atomic E-state index is 10.3. The number of benzene rings is 1. The molecular formula is C18H22NNaO4S. The first-order valence-electron chi connectivity index (χ1n) is 7.71. The SMILES string of the molecule is Cc1oc(-c2ccccc2)nc1CCOC/C=C/CSCC(=O)O.[NaH]. The van der Waals surface area contributed by atoms with Crippen LogP contribution in [0.2, 0.25) is 0 Å². The van der Waals surface area contributed by atoms with Crippen LogP contribution in [0.15, 0.2) is 46.9 Å². The quantitative estimate of drug-likeness (QED) is 0.393. The summed E-state index contributed by atoms with van der Waals surface area (Å²) in [6.45, 7) is 2.98. The molecule has 0 amide bonds. The van der Waals surface area contributed by atoms with Gasteiger partial charge in [-0.2, -0.15) is 0 Å². The van der Waals surface area contributed by atoms with Crippen LogP contribution in [0.1, 0.15) is 11.5 Å².